The van der Waals surface area contributed by atoms with Crippen molar-refractivity contribution < 1.29 is 36.0 Å². The van der Waals surface area contributed by atoms with Gasteiger partial charge >= 0.3 is 12.1 Å². The minimum absolute atomic E-state index is 0.0182. The molecule has 0 spiro atoms. The van der Waals surface area contributed by atoms with E-state index in [4.69, 9.17) is 20.2 Å². The number of aromatic nitrogens is 4. The maximum atomic E-state index is 13.0. The second-order valence-corrected chi connectivity index (χ2v) is 10.2. The summed E-state index contributed by atoms with van der Waals surface area (Å²) in [4.78, 5) is 17.7. The third-order valence-electron chi connectivity index (χ3n) is 5.45. The number of aliphatic carboxylic acids is 1. The maximum Gasteiger partial charge on any atom is 0.490 e. The molecule has 0 radical (unpaired) electrons. The number of nitrogen functional groups attached to an aromatic ring is 1. The van der Waals surface area contributed by atoms with Crippen LogP contribution in [0.1, 0.15) is 50.1 Å². The lowest BCUT2D eigenvalue weighted by Gasteiger charge is -2.13. The molecule has 3 aromatic rings. The van der Waals surface area contributed by atoms with Crippen molar-refractivity contribution in [3.63, 3.8) is 0 Å². The molecular formula is C19H20F3N5O5S. The molecule has 10 nitrogen and oxygen atoms in total. The predicted molar refractivity (Wildman–Crippen MR) is 109 cm³/mol. The highest BCUT2D eigenvalue weighted by Gasteiger charge is 2.42. The first kappa shape index (κ1) is 23.0. The molecule has 1 saturated carbocycles. The number of rotatable bonds is 2. The van der Waals surface area contributed by atoms with Crippen LogP contribution in [-0.4, -0.2) is 51.1 Å². The molecule has 1 aliphatic heterocycles. The molecule has 3 N–H and O–H groups in total. The van der Waals surface area contributed by atoms with Gasteiger partial charge in [0.15, 0.2) is 15.6 Å². The number of anilines is 1. The van der Waals surface area contributed by atoms with E-state index in [1.165, 1.54) is 6.33 Å². The van der Waals surface area contributed by atoms with Crippen molar-refractivity contribution >= 4 is 32.7 Å². The third-order valence-corrected chi connectivity index (χ3v) is 7.21. The fraction of sp³-hybridized carbons (Fsp3) is 0.474. The van der Waals surface area contributed by atoms with E-state index >= 15 is 0 Å². The number of alkyl halides is 3. The van der Waals surface area contributed by atoms with Crippen LogP contribution >= 0.6 is 0 Å². The van der Waals surface area contributed by atoms with Gasteiger partial charge in [0.1, 0.15) is 28.4 Å². The van der Waals surface area contributed by atoms with Crippen LogP contribution in [0.4, 0.5) is 19.0 Å². The van der Waals surface area contributed by atoms with Crippen molar-refractivity contribution in [2.45, 2.75) is 56.1 Å². The van der Waals surface area contributed by atoms with E-state index in [1.54, 1.807) is 0 Å². The summed E-state index contributed by atoms with van der Waals surface area (Å²) >= 11 is 0. The zero-order valence-corrected chi connectivity index (χ0v) is 18.4. The van der Waals surface area contributed by atoms with E-state index in [2.05, 4.69) is 15.1 Å². The van der Waals surface area contributed by atoms with Gasteiger partial charge in [-0.3, -0.25) is 0 Å². The van der Waals surface area contributed by atoms with Crippen molar-refractivity contribution in [2.75, 3.05) is 11.5 Å². The smallest absolute Gasteiger partial charge is 0.475 e. The fourth-order valence-electron chi connectivity index (χ4n) is 3.95. The Hall–Kier alpha value is -3.16. The van der Waals surface area contributed by atoms with E-state index in [9.17, 15) is 21.6 Å². The van der Waals surface area contributed by atoms with E-state index in [0.29, 0.717) is 40.3 Å². The van der Waals surface area contributed by atoms with Gasteiger partial charge < -0.3 is 19.9 Å². The molecule has 3 aromatic heterocycles. The van der Waals surface area contributed by atoms with Gasteiger partial charge in [0.25, 0.3) is 0 Å². The summed E-state index contributed by atoms with van der Waals surface area (Å²) < 4.78 is 65.3. The van der Waals surface area contributed by atoms with Gasteiger partial charge in [-0.1, -0.05) is 5.16 Å². The number of hydrogen-bond acceptors (Lipinski definition) is 8. The first-order valence-corrected chi connectivity index (χ1v) is 11.7. The van der Waals surface area contributed by atoms with Gasteiger partial charge in [-0.25, -0.2) is 23.2 Å². The summed E-state index contributed by atoms with van der Waals surface area (Å²) in [5.74, 6) is -1.77. The predicted octanol–water partition coefficient (Wildman–Crippen LogP) is 3.09. The number of halogens is 3. The molecule has 4 heterocycles. The van der Waals surface area contributed by atoms with Crippen LogP contribution in [0, 0.1) is 0 Å². The van der Waals surface area contributed by atoms with Crippen molar-refractivity contribution in [2.24, 2.45) is 0 Å². The Balaban J connectivity index is 0.000000325. The average Bonchev–Trinajstić information content (AvgIpc) is 3.37. The van der Waals surface area contributed by atoms with Gasteiger partial charge in [0.2, 0.25) is 0 Å². The summed E-state index contributed by atoms with van der Waals surface area (Å²) in [7, 11) is -3.48. The average molecular weight is 487 g/mol. The van der Waals surface area contributed by atoms with Gasteiger partial charge in [-0.2, -0.15) is 13.2 Å². The minimum atomic E-state index is -5.08. The van der Waals surface area contributed by atoms with Crippen molar-refractivity contribution in [3.05, 3.63) is 17.8 Å². The largest absolute Gasteiger partial charge is 0.490 e. The normalized spacial score (nSPS) is 17.2. The Labute approximate surface area is 185 Å². The number of nitrogens with two attached hydrogens (primary N) is 1. The molecule has 0 unspecified atom stereocenters. The maximum absolute atomic E-state index is 13.0. The van der Waals surface area contributed by atoms with Gasteiger partial charge in [0.05, 0.1) is 11.1 Å². The second-order valence-electron chi connectivity index (χ2n) is 8.11. The molecule has 14 heteroatoms. The lowest BCUT2D eigenvalue weighted by Crippen LogP contribution is -2.21. The third kappa shape index (κ3) is 3.92. The number of nitrogens with zero attached hydrogens (tertiary/aromatic N) is 4. The molecule has 0 atom stereocenters. The first-order chi connectivity index (χ1) is 15.3. The number of fused-ring (bicyclic) bond motifs is 5. The molecule has 1 aliphatic carbocycles. The second kappa shape index (κ2) is 7.71. The number of carboxylic acids is 1. The summed E-state index contributed by atoms with van der Waals surface area (Å²) in [6.07, 6.45) is -1.40. The zero-order chi connectivity index (χ0) is 24.3. The molecule has 1 fully saturated rings. The zero-order valence-electron chi connectivity index (χ0n) is 17.5. The molecular weight excluding hydrogens is 467 g/mol. The Morgan fingerprint density at radius 2 is 1.94 bits per heavy atom. The molecule has 0 saturated heterocycles. The summed E-state index contributed by atoms with van der Waals surface area (Å²) in [6, 6.07) is 0.0922. The van der Waals surface area contributed by atoms with Crippen LogP contribution in [-0.2, 0) is 21.1 Å². The molecule has 2 aliphatic rings. The molecule has 33 heavy (non-hydrogen) atoms. The Kier molecular flexibility index (Phi) is 5.38. The van der Waals surface area contributed by atoms with Crippen LogP contribution in [0.25, 0.3) is 22.3 Å². The monoisotopic (exact) mass is 487 g/mol. The first-order valence-electron chi connectivity index (χ1n) is 10.0. The van der Waals surface area contributed by atoms with Gasteiger partial charge in [-0.15, -0.1) is 0 Å². The lowest BCUT2D eigenvalue weighted by molar-refractivity contribution is -0.192. The van der Waals surface area contributed by atoms with Crippen LogP contribution in [0.5, 0.6) is 0 Å². The Bertz CT molecular complexity index is 1360. The number of hydrogen-bond donors (Lipinski definition) is 2. The van der Waals surface area contributed by atoms with Crippen LogP contribution in [0.2, 0.25) is 0 Å². The number of carboxylic acid groups (broad SMARTS) is 1. The molecule has 0 amide bonds. The van der Waals surface area contributed by atoms with Gasteiger partial charge in [-0.05, 0) is 26.7 Å². The quantitative estimate of drug-likeness (QED) is 0.555. The number of sulfone groups is 1. The van der Waals surface area contributed by atoms with Crippen LogP contribution in [0.15, 0.2) is 15.7 Å². The van der Waals surface area contributed by atoms with Crippen molar-refractivity contribution in [1.29, 1.82) is 0 Å². The lowest BCUT2D eigenvalue weighted by atomic mass is 10.1. The molecule has 5 rings (SSSR count). The highest BCUT2D eigenvalue weighted by molar-refractivity contribution is 7.91. The van der Waals surface area contributed by atoms with E-state index in [0.717, 1.165) is 18.5 Å². The van der Waals surface area contributed by atoms with Crippen LogP contribution in [0.3, 0.4) is 0 Å². The molecule has 0 bridgehead atoms. The van der Waals surface area contributed by atoms with E-state index < -0.39 is 22.0 Å². The highest BCUT2D eigenvalue weighted by Crippen LogP contribution is 2.49. The summed E-state index contributed by atoms with van der Waals surface area (Å²) in [5.41, 5.74) is 8.83. The Morgan fingerprint density at radius 3 is 2.48 bits per heavy atom. The molecule has 0 aromatic carbocycles. The summed E-state index contributed by atoms with van der Waals surface area (Å²) in [6.45, 7) is 4.08. The molecule has 178 valence electrons. The Morgan fingerprint density at radius 1 is 1.30 bits per heavy atom. The summed E-state index contributed by atoms with van der Waals surface area (Å²) in [5, 5.41) is 12.0. The standard InChI is InChI=1S/C17H19N5O3S.C2HF3O2/c1-8(2)22-10-5-6-26(23,24)15-13(21-25-14(15)9-3-4-9)11(10)12-16(18)19-7-20-17(12)22;3-2(4,5)1(6)7/h7-9H,3-6H2,1-2H3,(H2,18,19,20);(H,6,7). The van der Waals surface area contributed by atoms with Crippen molar-refractivity contribution in [1.82, 2.24) is 19.7 Å². The van der Waals surface area contributed by atoms with E-state index in [1.807, 2.05) is 18.4 Å². The van der Waals surface area contributed by atoms with Crippen molar-refractivity contribution in [3.8, 4) is 11.3 Å². The topological polar surface area (TPSA) is 154 Å². The number of carbonyl (C=O) groups is 1. The minimum Gasteiger partial charge on any atom is -0.475 e. The van der Waals surface area contributed by atoms with Gasteiger partial charge in [0, 0.05) is 29.6 Å². The van der Waals surface area contributed by atoms with E-state index in [-0.39, 0.29) is 22.6 Å². The highest BCUT2D eigenvalue weighted by atomic mass is 32.2. The SMILES string of the molecule is CC(C)n1c2c(c3c(N)ncnc31)-c1noc(C3CC3)c1S(=O)(=O)CC2.O=C(O)C(F)(F)F. The fourth-order valence-corrected chi connectivity index (χ4v) is 5.56. The van der Waals surface area contributed by atoms with Crippen LogP contribution < -0.4 is 5.73 Å².